The van der Waals surface area contributed by atoms with Crippen LogP contribution < -0.4 is 4.74 Å². The van der Waals surface area contributed by atoms with Gasteiger partial charge in [0.05, 0.1) is 19.8 Å². The van der Waals surface area contributed by atoms with Crippen LogP contribution >= 0.6 is 0 Å². The van der Waals surface area contributed by atoms with Crippen molar-refractivity contribution in [3.05, 3.63) is 29.8 Å². The first-order valence-corrected chi connectivity index (χ1v) is 7.11. The number of rotatable bonds is 10. The minimum absolute atomic E-state index is 0.00637. The van der Waals surface area contributed by atoms with Gasteiger partial charge in [0, 0.05) is 12.2 Å². The monoisotopic (exact) mass is 296 g/mol. The van der Waals surface area contributed by atoms with Crippen LogP contribution in [0.1, 0.15) is 31.1 Å². The molecule has 1 rings (SSSR count). The zero-order valence-corrected chi connectivity index (χ0v) is 12.9. The summed E-state index contributed by atoms with van der Waals surface area (Å²) in [6.07, 6.45) is 0. The Bertz CT molecular complexity index is 425. The number of ketones is 1. The van der Waals surface area contributed by atoms with E-state index in [0.717, 1.165) is 0 Å². The van der Waals surface area contributed by atoms with E-state index in [4.69, 9.17) is 19.3 Å². The van der Waals surface area contributed by atoms with Gasteiger partial charge in [-0.05, 0) is 45.0 Å². The van der Waals surface area contributed by atoms with Crippen molar-refractivity contribution < 1.29 is 24.1 Å². The molecule has 0 bridgehead atoms. The number of Topliss-reactive ketones (excluding diaryl/α,β-unsaturated/α-hetero) is 1. The molecule has 1 N–H and O–H groups in total. The minimum Gasteiger partial charge on any atom is -0.491 e. The van der Waals surface area contributed by atoms with Crippen molar-refractivity contribution >= 4 is 5.78 Å². The van der Waals surface area contributed by atoms with E-state index in [1.807, 2.05) is 6.92 Å². The van der Waals surface area contributed by atoms with E-state index in [1.54, 1.807) is 38.1 Å². The SMILES string of the molecule is CCOC(C)(C)C(=O)c1ccc(OCCOCCO)cc1. The number of aliphatic hydroxyl groups is 1. The van der Waals surface area contributed by atoms with Crippen molar-refractivity contribution in [1.82, 2.24) is 0 Å². The molecular formula is C16H24O5. The van der Waals surface area contributed by atoms with Gasteiger partial charge in [0.25, 0.3) is 0 Å². The summed E-state index contributed by atoms with van der Waals surface area (Å²) in [5.41, 5.74) is -0.229. The molecule has 0 aliphatic heterocycles. The third kappa shape index (κ3) is 5.83. The van der Waals surface area contributed by atoms with Crippen molar-refractivity contribution in [3.63, 3.8) is 0 Å². The zero-order chi connectivity index (χ0) is 15.7. The molecule has 118 valence electrons. The molecule has 1 aromatic rings. The van der Waals surface area contributed by atoms with Crippen LogP contribution in [0.3, 0.4) is 0 Å². The zero-order valence-electron chi connectivity index (χ0n) is 12.9. The second kappa shape index (κ2) is 8.77. The fraction of sp³-hybridized carbons (Fsp3) is 0.562. The van der Waals surface area contributed by atoms with Crippen LogP contribution in [0.4, 0.5) is 0 Å². The highest BCUT2D eigenvalue weighted by Crippen LogP contribution is 2.19. The summed E-state index contributed by atoms with van der Waals surface area (Å²) in [4.78, 5) is 12.3. The lowest BCUT2D eigenvalue weighted by atomic mass is 9.96. The molecule has 0 aromatic heterocycles. The Balaban J connectivity index is 2.52. The number of hydrogen-bond donors (Lipinski definition) is 1. The van der Waals surface area contributed by atoms with Crippen LogP contribution in [0.2, 0.25) is 0 Å². The summed E-state index contributed by atoms with van der Waals surface area (Å²) in [6.45, 7) is 7.02. The first-order valence-electron chi connectivity index (χ1n) is 7.11. The molecular weight excluding hydrogens is 272 g/mol. The van der Waals surface area contributed by atoms with E-state index < -0.39 is 5.60 Å². The molecule has 0 spiro atoms. The van der Waals surface area contributed by atoms with E-state index in [9.17, 15) is 4.79 Å². The van der Waals surface area contributed by atoms with E-state index in [0.29, 0.717) is 37.7 Å². The standard InChI is InChI=1S/C16H24O5/c1-4-21-16(2,3)15(18)13-5-7-14(8-6-13)20-12-11-19-10-9-17/h5-8,17H,4,9-12H2,1-3H3. The summed E-state index contributed by atoms with van der Waals surface area (Å²) >= 11 is 0. The average Bonchev–Trinajstić information content (AvgIpc) is 2.47. The topological polar surface area (TPSA) is 65.0 Å². The minimum atomic E-state index is -0.824. The van der Waals surface area contributed by atoms with Crippen LogP contribution in [0.25, 0.3) is 0 Å². The molecule has 5 nitrogen and oxygen atoms in total. The number of carbonyl (C=O) groups excluding carboxylic acids is 1. The van der Waals surface area contributed by atoms with Crippen LogP contribution in [0.5, 0.6) is 5.75 Å². The first kappa shape index (κ1) is 17.6. The molecule has 0 radical (unpaired) electrons. The summed E-state index contributed by atoms with van der Waals surface area (Å²) in [6, 6.07) is 6.96. The third-order valence-corrected chi connectivity index (χ3v) is 2.90. The van der Waals surface area contributed by atoms with Gasteiger partial charge in [0.2, 0.25) is 0 Å². The largest absolute Gasteiger partial charge is 0.491 e. The lowest BCUT2D eigenvalue weighted by molar-refractivity contribution is 0.00125. The molecule has 0 saturated heterocycles. The van der Waals surface area contributed by atoms with E-state index in [1.165, 1.54) is 0 Å². The predicted molar refractivity (Wildman–Crippen MR) is 79.9 cm³/mol. The maximum Gasteiger partial charge on any atom is 0.194 e. The lowest BCUT2D eigenvalue weighted by Gasteiger charge is -2.23. The quantitative estimate of drug-likeness (QED) is 0.529. The molecule has 0 fully saturated rings. The highest BCUT2D eigenvalue weighted by Gasteiger charge is 2.28. The predicted octanol–water partition coefficient (Wildman–Crippen LogP) is 2.07. The molecule has 21 heavy (non-hydrogen) atoms. The summed E-state index contributed by atoms with van der Waals surface area (Å²) < 4.78 is 16.0. The number of hydrogen-bond acceptors (Lipinski definition) is 5. The van der Waals surface area contributed by atoms with E-state index in [2.05, 4.69) is 0 Å². The van der Waals surface area contributed by atoms with Gasteiger partial charge < -0.3 is 19.3 Å². The fourth-order valence-electron chi connectivity index (χ4n) is 1.86. The van der Waals surface area contributed by atoms with Crippen LogP contribution in [-0.2, 0) is 9.47 Å². The third-order valence-electron chi connectivity index (χ3n) is 2.90. The molecule has 5 heteroatoms. The Labute approximate surface area is 125 Å². The summed E-state index contributed by atoms with van der Waals surface area (Å²) in [5, 5.41) is 8.56. The number of aliphatic hydroxyl groups excluding tert-OH is 1. The Morgan fingerprint density at radius 2 is 1.81 bits per heavy atom. The Kier molecular flexibility index (Phi) is 7.36. The van der Waals surface area contributed by atoms with Gasteiger partial charge in [0.15, 0.2) is 5.78 Å². The smallest absolute Gasteiger partial charge is 0.194 e. The number of benzene rings is 1. The van der Waals surface area contributed by atoms with Gasteiger partial charge in [-0.25, -0.2) is 0 Å². The molecule has 0 aliphatic rings. The van der Waals surface area contributed by atoms with Gasteiger partial charge in [-0.3, -0.25) is 4.79 Å². The molecule has 1 aromatic carbocycles. The number of carbonyl (C=O) groups is 1. The lowest BCUT2D eigenvalue weighted by Crippen LogP contribution is -2.35. The van der Waals surface area contributed by atoms with Crippen LogP contribution in [0, 0.1) is 0 Å². The highest BCUT2D eigenvalue weighted by atomic mass is 16.5. The molecule has 0 amide bonds. The molecule has 0 saturated carbocycles. The number of ether oxygens (including phenoxy) is 3. The van der Waals surface area contributed by atoms with Gasteiger partial charge in [-0.15, -0.1) is 0 Å². The van der Waals surface area contributed by atoms with Gasteiger partial charge in [0.1, 0.15) is 18.0 Å². The van der Waals surface area contributed by atoms with Crippen molar-refractivity contribution in [3.8, 4) is 5.75 Å². The van der Waals surface area contributed by atoms with Crippen LogP contribution in [-0.4, -0.2) is 49.5 Å². The molecule has 0 aliphatic carbocycles. The van der Waals surface area contributed by atoms with Gasteiger partial charge in [-0.1, -0.05) is 0 Å². The maximum atomic E-state index is 12.3. The Morgan fingerprint density at radius 3 is 2.38 bits per heavy atom. The summed E-state index contributed by atoms with van der Waals surface area (Å²) in [5.74, 6) is 0.621. The Hall–Kier alpha value is -1.43. The first-order chi connectivity index (χ1) is 10.0. The highest BCUT2D eigenvalue weighted by molar-refractivity contribution is 6.02. The van der Waals surface area contributed by atoms with Crippen molar-refractivity contribution in [1.29, 1.82) is 0 Å². The van der Waals surface area contributed by atoms with Crippen molar-refractivity contribution in [2.75, 3.05) is 33.0 Å². The normalized spacial score (nSPS) is 11.4. The second-order valence-electron chi connectivity index (χ2n) is 4.98. The van der Waals surface area contributed by atoms with Crippen molar-refractivity contribution in [2.45, 2.75) is 26.4 Å². The van der Waals surface area contributed by atoms with Gasteiger partial charge >= 0.3 is 0 Å². The molecule has 0 unspecified atom stereocenters. The maximum absolute atomic E-state index is 12.3. The van der Waals surface area contributed by atoms with Gasteiger partial charge in [-0.2, -0.15) is 0 Å². The summed E-state index contributed by atoms with van der Waals surface area (Å²) in [7, 11) is 0. The van der Waals surface area contributed by atoms with Crippen LogP contribution in [0.15, 0.2) is 24.3 Å². The van der Waals surface area contributed by atoms with E-state index in [-0.39, 0.29) is 12.4 Å². The second-order valence-corrected chi connectivity index (χ2v) is 4.98. The average molecular weight is 296 g/mol. The van der Waals surface area contributed by atoms with E-state index >= 15 is 0 Å². The molecule has 0 heterocycles. The molecule has 0 atom stereocenters. The fourth-order valence-corrected chi connectivity index (χ4v) is 1.86. The Morgan fingerprint density at radius 1 is 1.14 bits per heavy atom. The van der Waals surface area contributed by atoms with Crippen molar-refractivity contribution in [2.24, 2.45) is 0 Å².